The van der Waals surface area contributed by atoms with Crippen molar-refractivity contribution in [2.45, 2.75) is 61.6 Å². The number of carbonyl (C=O) groups excluding carboxylic acids is 1. The van der Waals surface area contributed by atoms with Crippen LogP contribution >= 0.6 is 23.5 Å². The van der Waals surface area contributed by atoms with Gasteiger partial charge in [-0.3, -0.25) is 0 Å². The van der Waals surface area contributed by atoms with Gasteiger partial charge in [-0.05, 0) is 24.2 Å². The van der Waals surface area contributed by atoms with Crippen LogP contribution in [0, 0.1) is 23.7 Å². The number of carbonyl (C=O) groups is 1. The van der Waals surface area contributed by atoms with Gasteiger partial charge in [0.15, 0.2) is 11.4 Å². The molecule has 4 heterocycles. The van der Waals surface area contributed by atoms with Crippen molar-refractivity contribution < 1.29 is 24.5 Å². The van der Waals surface area contributed by atoms with E-state index < -0.39 is 21.9 Å². The smallest absolute Gasteiger partial charge is 0.340 e. The van der Waals surface area contributed by atoms with E-state index in [0.717, 1.165) is 17.9 Å². The predicted octanol–water partition coefficient (Wildman–Crippen LogP) is 3.52. The second kappa shape index (κ2) is 7.91. The van der Waals surface area contributed by atoms with E-state index in [9.17, 15) is 15.0 Å². The van der Waals surface area contributed by atoms with Gasteiger partial charge in [0.25, 0.3) is 0 Å². The first-order chi connectivity index (χ1) is 14.2. The molecule has 0 radical (unpaired) electrons. The molecule has 0 aromatic heterocycles. The summed E-state index contributed by atoms with van der Waals surface area (Å²) in [5.74, 6) is 2.04. The Hall–Kier alpha value is -0.890. The summed E-state index contributed by atoms with van der Waals surface area (Å²) in [4.78, 5) is 13.4. The van der Waals surface area contributed by atoms with Crippen LogP contribution in [0.2, 0.25) is 0 Å². The van der Waals surface area contributed by atoms with Crippen LogP contribution in [-0.4, -0.2) is 55.7 Å². The van der Waals surface area contributed by atoms with Crippen molar-refractivity contribution >= 4 is 29.5 Å². The second-order valence-corrected chi connectivity index (χ2v) is 12.1. The quantitative estimate of drug-likeness (QED) is 0.452. The molecule has 1 aliphatic carbocycles. The number of thioether (sulfide) groups is 2. The van der Waals surface area contributed by atoms with Gasteiger partial charge >= 0.3 is 5.97 Å². The maximum absolute atomic E-state index is 13.4. The minimum atomic E-state index is -0.954. The largest absolute Gasteiger partial charge is 0.487 e. The maximum Gasteiger partial charge on any atom is 0.340 e. The van der Waals surface area contributed by atoms with Gasteiger partial charge in [-0.2, -0.15) is 0 Å². The average molecular weight is 453 g/mol. The highest BCUT2D eigenvalue weighted by molar-refractivity contribution is 8.21. The summed E-state index contributed by atoms with van der Waals surface area (Å²) in [5, 5.41) is 21.0. The number of hydrogen-bond donors (Lipinski definition) is 2. The molecule has 3 saturated heterocycles. The maximum atomic E-state index is 13.4. The highest BCUT2D eigenvalue weighted by atomic mass is 32.2. The molecule has 5 aliphatic rings. The molecule has 5 rings (SSSR count). The molecule has 0 aromatic rings. The monoisotopic (exact) mass is 452 g/mol. The van der Waals surface area contributed by atoms with E-state index in [2.05, 4.69) is 20.1 Å². The van der Waals surface area contributed by atoms with E-state index in [1.54, 1.807) is 35.7 Å². The summed E-state index contributed by atoms with van der Waals surface area (Å²) in [6, 6.07) is 0. The van der Waals surface area contributed by atoms with E-state index in [1.807, 2.05) is 13.8 Å². The third kappa shape index (κ3) is 3.03. The number of fused-ring (bicyclic) bond motifs is 2. The number of hydrogen-bond acceptors (Lipinski definition) is 7. The molecule has 166 valence electrons. The third-order valence-corrected chi connectivity index (χ3v) is 11.1. The van der Waals surface area contributed by atoms with Crippen LogP contribution in [0.15, 0.2) is 36.6 Å². The van der Waals surface area contributed by atoms with Crippen LogP contribution in [0.5, 0.6) is 0 Å². The normalized spacial score (nSPS) is 39.7. The Morgan fingerprint density at radius 2 is 1.97 bits per heavy atom. The summed E-state index contributed by atoms with van der Waals surface area (Å²) in [6.07, 6.45) is 3.00. The van der Waals surface area contributed by atoms with Crippen molar-refractivity contribution in [1.29, 1.82) is 0 Å². The lowest BCUT2D eigenvalue weighted by molar-refractivity contribution is -0.220. The number of rotatable bonds is 7. The van der Waals surface area contributed by atoms with Crippen molar-refractivity contribution in [2.75, 3.05) is 11.5 Å². The summed E-state index contributed by atoms with van der Waals surface area (Å²) in [6.45, 7) is 13.8. The first-order valence-electron chi connectivity index (χ1n) is 10.8. The Morgan fingerprint density at radius 1 is 1.30 bits per heavy atom. The molecule has 1 saturated carbocycles. The summed E-state index contributed by atoms with van der Waals surface area (Å²) >= 11 is 3.56. The Kier molecular flexibility index (Phi) is 5.88. The predicted molar refractivity (Wildman–Crippen MR) is 121 cm³/mol. The van der Waals surface area contributed by atoms with Gasteiger partial charge in [-0.1, -0.05) is 32.9 Å². The third-order valence-electron chi connectivity index (χ3n) is 7.29. The van der Waals surface area contributed by atoms with Crippen LogP contribution in [-0.2, 0) is 14.3 Å². The summed E-state index contributed by atoms with van der Waals surface area (Å²) in [7, 11) is 0. The van der Waals surface area contributed by atoms with E-state index in [-0.39, 0.29) is 35.7 Å². The molecule has 30 heavy (non-hydrogen) atoms. The zero-order chi connectivity index (χ0) is 21.8. The van der Waals surface area contributed by atoms with Crippen molar-refractivity contribution in [3.05, 3.63) is 36.6 Å². The topological polar surface area (TPSA) is 76.0 Å². The van der Waals surface area contributed by atoms with Crippen LogP contribution in [0.1, 0.15) is 33.6 Å². The fraction of sp³-hybridized carbons (Fsp3) is 0.696. The molecule has 7 heteroatoms. The lowest BCUT2D eigenvalue weighted by Crippen LogP contribution is -2.63. The number of ether oxygens (including phenoxy) is 2. The van der Waals surface area contributed by atoms with E-state index in [1.165, 1.54) is 0 Å². The van der Waals surface area contributed by atoms with Gasteiger partial charge in [0.2, 0.25) is 0 Å². The fourth-order valence-corrected chi connectivity index (χ4v) is 9.28. The molecule has 4 aliphatic heterocycles. The van der Waals surface area contributed by atoms with Gasteiger partial charge in [-0.15, -0.1) is 36.7 Å². The minimum absolute atomic E-state index is 0.0275. The highest BCUT2D eigenvalue weighted by Crippen LogP contribution is 2.63. The van der Waals surface area contributed by atoms with Crippen molar-refractivity contribution in [3.8, 4) is 0 Å². The molecule has 2 bridgehead atoms. The van der Waals surface area contributed by atoms with Crippen molar-refractivity contribution in [3.63, 3.8) is 0 Å². The first kappa shape index (κ1) is 22.3. The molecular formula is C23H32O5S2. The molecule has 5 nitrogen and oxygen atoms in total. The lowest BCUT2D eigenvalue weighted by atomic mass is 9.64. The van der Waals surface area contributed by atoms with Crippen molar-refractivity contribution in [1.82, 2.24) is 0 Å². The van der Waals surface area contributed by atoms with Crippen LogP contribution in [0.4, 0.5) is 0 Å². The van der Waals surface area contributed by atoms with E-state index >= 15 is 0 Å². The first-order valence-corrected chi connectivity index (χ1v) is 12.7. The van der Waals surface area contributed by atoms with Gasteiger partial charge in [-0.25, -0.2) is 4.79 Å². The molecule has 8 atom stereocenters. The van der Waals surface area contributed by atoms with Gasteiger partial charge in [0.1, 0.15) is 17.8 Å². The van der Waals surface area contributed by atoms with Crippen LogP contribution in [0.3, 0.4) is 0 Å². The zero-order valence-corrected chi connectivity index (χ0v) is 19.5. The van der Waals surface area contributed by atoms with E-state index in [4.69, 9.17) is 9.47 Å². The number of aliphatic hydroxyl groups is 2. The minimum Gasteiger partial charge on any atom is -0.487 e. The molecular weight excluding hydrogens is 420 g/mol. The molecule has 1 unspecified atom stereocenters. The Labute approximate surface area is 187 Å². The van der Waals surface area contributed by atoms with Crippen LogP contribution < -0.4 is 0 Å². The highest BCUT2D eigenvalue weighted by Gasteiger charge is 2.69. The fourth-order valence-electron chi connectivity index (χ4n) is 5.77. The number of aliphatic hydroxyl groups excluding tert-OH is 2. The molecule has 1 spiro atoms. The standard InChI is InChI=1S/C23H32O5S2/c1-6-15-18(25)19-13(4)11-22(15)20(27-19)17(21(26)28-22)23(29-8-9-30-23)14(5)10-12(3)16(24)7-2/h6-7,12-16,18-19,24-25H,1-2,8-11H2,3-5H3/t12-,13+,14+,15+,16?,18+,19+,22+/m0/s1. The second-order valence-electron chi connectivity index (χ2n) is 9.20. The SMILES string of the molecule is C=CC(O)[C@@H](C)C[C@@H](C)C1(C2=C3O[C@H]4[C@H](O)[C@@H](C=C)[C@@]3(C[C@H]4C)OC2=O)SCCS1. The summed E-state index contributed by atoms with van der Waals surface area (Å²) < 4.78 is 12.0. The van der Waals surface area contributed by atoms with Crippen LogP contribution in [0.25, 0.3) is 0 Å². The average Bonchev–Trinajstić information content (AvgIpc) is 3.29. The van der Waals surface area contributed by atoms with Gasteiger partial charge in [0, 0.05) is 17.9 Å². The lowest BCUT2D eigenvalue weighted by Gasteiger charge is -2.54. The van der Waals surface area contributed by atoms with Gasteiger partial charge in [0.05, 0.1) is 16.1 Å². The number of esters is 1. The van der Waals surface area contributed by atoms with Crippen molar-refractivity contribution in [2.24, 2.45) is 23.7 Å². The van der Waals surface area contributed by atoms with E-state index in [0.29, 0.717) is 17.8 Å². The zero-order valence-electron chi connectivity index (χ0n) is 17.9. The molecule has 0 aromatic carbocycles. The Morgan fingerprint density at radius 3 is 2.57 bits per heavy atom. The van der Waals surface area contributed by atoms with Gasteiger partial charge < -0.3 is 19.7 Å². The molecule has 4 fully saturated rings. The Balaban J connectivity index is 1.78. The summed E-state index contributed by atoms with van der Waals surface area (Å²) in [5.41, 5.74) is -0.330. The molecule has 2 N–H and O–H groups in total. The molecule has 0 amide bonds. The Bertz CT molecular complexity index is 774.